The molecule has 0 bridgehead atoms. The topological polar surface area (TPSA) is 68.2 Å². The van der Waals surface area contributed by atoms with Crippen LogP contribution in [-0.4, -0.2) is 26.7 Å². The average molecular weight is 245 g/mol. The van der Waals surface area contributed by atoms with Gasteiger partial charge in [0, 0.05) is 17.8 Å². The molecule has 0 aromatic carbocycles. The fourth-order valence-electron chi connectivity index (χ4n) is 2.60. The van der Waals surface area contributed by atoms with Gasteiger partial charge in [-0.25, -0.2) is 4.52 Å². The van der Waals surface area contributed by atoms with Gasteiger partial charge in [-0.3, -0.25) is 0 Å². The van der Waals surface area contributed by atoms with Crippen LogP contribution in [0.4, 0.5) is 5.95 Å². The molecule has 3 rings (SSSR count). The number of nitrogens with two attached hydrogens (primary N) is 1. The summed E-state index contributed by atoms with van der Waals surface area (Å²) in [6, 6.07) is 6.50. The molecule has 96 valence electrons. The fraction of sp³-hybridized carbons (Fsp3) is 0.538. The fourth-order valence-corrected chi connectivity index (χ4v) is 2.60. The second-order valence-corrected chi connectivity index (χ2v) is 5.07. The van der Waals surface area contributed by atoms with Crippen LogP contribution in [0.2, 0.25) is 0 Å². The summed E-state index contributed by atoms with van der Waals surface area (Å²) < 4.78 is 1.86. The van der Waals surface area contributed by atoms with Crippen LogP contribution in [0, 0.1) is 6.92 Å². The van der Waals surface area contributed by atoms with E-state index in [1.807, 2.05) is 29.6 Å². The highest BCUT2D eigenvalue weighted by Gasteiger charge is 2.22. The van der Waals surface area contributed by atoms with Gasteiger partial charge in [0.2, 0.25) is 5.95 Å². The van der Waals surface area contributed by atoms with Crippen molar-refractivity contribution in [1.82, 2.24) is 14.6 Å². The molecule has 2 aromatic heterocycles. The number of anilines is 1. The number of fused-ring (bicyclic) bond motifs is 1. The quantitative estimate of drug-likeness (QED) is 0.845. The smallest absolute Gasteiger partial charge is 0.243 e. The standard InChI is InChI=1S/C13H19N5/c1-9-5-4-8-12-16-13(17-18(9)12)15-11-7-3-2-6-10(11)14/h4-5,8,10-11H,2-3,6-7,14H2,1H3,(H,15,17)/t10-,11-/m1/s1. The van der Waals surface area contributed by atoms with Gasteiger partial charge in [0.25, 0.3) is 0 Å². The first-order valence-corrected chi connectivity index (χ1v) is 6.58. The molecule has 5 nitrogen and oxygen atoms in total. The molecule has 1 saturated carbocycles. The normalized spacial score (nSPS) is 24.3. The van der Waals surface area contributed by atoms with Gasteiger partial charge < -0.3 is 11.1 Å². The molecule has 2 aromatic rings. The lowest BCUT2D eigenvalue weighted by molar-refractivity contribution is 0.402. The molecule has 0 unspecified atom stereocenters. The van der Waals surface area contributed by atoms with Crippen LogP contribution in [0.3, 0.4) is 0 Å². The van der Waals surface area contributed by atoms with Crippen molar-refractivity contribution in [3.05, 3.63) is 23.9 Å². The third-order valence-corrected chi connectivity index (χ3v) is 3.68. The zero-order chi connectivity index (χ0) is 12.5. The summed E-state index contributed by atoms with van der Waals surface area (Å²) in [5, 5.41) is 7.86. The minimum atomic E-state index is 0.214. The predicted molar refractivity (Wildman–Crippen MR) is 71.6 cm³/mol. The lowest BCUT2D eigenvalue weighted by Crippen LogP contribution is -2.42. The summed E-state index contributed by atoms with van der Waals surface area (Å²) in [5.41, 5.74) is 8.09. The molecule has 1 aliphatic rings. The average Bonchev–Trinajstić information content (AvgIpc) is 2.76. The van der Waals surface area contributed by atoms with E-state index in [9.17, 15) is 0 Å². The Morgan fingerprint density at radius 1 is 1.33 bits per heavy atom. The van der Waals surface area contributed by atoms with Crippen LogP contribution in [0.1, 0.15) is 31.4 Å². The zero-order valence-electron chi connectivity index (χ0n) is 10.6. The molecule has 5 heteroatoms. The van der Waals surface area contributed by atoms with Crippen LogP contribution in [-0.2, 0) is 0 Å². The summed E-state index contributed by atoms with van der Waals surface area (Å²) in [5.74, 6) is 0.687. The Balaban J connectivity index is 1.84. The number of nitrogens with one attached hydrogen (secondary N) is 1. The van der Waals surface area contributed by atoms with E-state index >= 15 is 0 Å². The van der Waals surface area contributed by atoms with E-state index in [0.29, 0.717) is 12.0 Å². The highest BCUT2D eigenvalue weighted by molar-refractivity contribution is 5.44. The van der Waals surface area contributed by atoms with E-state index in [1.54, 1.807) is 0 Å². The SMILES string of the molecule is Cc1cccc2nc(N[C@@H]3CCCC[C@H]3N)nn12. The number of hydrogen-bond acceptors (Lipinski definition) is 4. The molecular weight excluding hydrogens is 226 g/mol. The Morgan fingerprint density at radius 3 is 2.94 bits per heavy atom. The summed E-state index contributed by atoms with van der Waals surface area (Å²) in [7, 11) is 0. The molecule has 0 radical (unpaired) electrons. The Hall–Kier alpha value is -1.62. The molecule has 1 aliphatic carbocycles. The van der Waals surface area contributed by atoms with E-state index in [2.05, 4.69) is 15.4 Å². The van der Waals surface area contributed by atoms with Gasteiger partial charge in [0.15, 0.2) is 5.65 Å². The lowest BCUT2D eigenvalue weighted by Gasteiger charge is -2.28. The molecule has 0 aliphatic heterocycles. The highest BCUT2D eigenvalue weighted by Crippen LogP contribution is 2.20. The van der Waals surface area contributed by atoms with Crippen LogP contribution in [0.25, 0.3) is 5.65 Å². The minimum Gasteiger partial charge on any atom is -0.349 e. The van der Waals surface area contributed by atoms with E-state index in [4.69, 9.17) is 5.73 Å². The van der Waals surface area contributed by atoms with Crippen molar-refractivity contribution >= 4 is 11.6 Å². The Kier molecular flexibility index (Phi) is 2.91. The van der Waals surface area contributed by atoms with Crippen LogP contribution in [0.15, 0.2) is 18.2 Å². The van der Waals surface area contributed by atoms with Crippen LogP contribution >= 0.6 is 0 Å². The summed E-state index contributed by atoms with van der Waals surface area (Å²) in [4.78, 5) is 4.49. The molecule has 2 atom stereocenters. The largest absolute Gasteiger partial charge is 0.349 e. The molecule has 2 heterocycles. The summed E-state index contributed by atoms with van der Waals surface area (Å²) in [6.07, 6.45) is 4.66. The highest BCUT2D eigenvalue weighted by atomic mass is 15.4. The van der Waals surface area contributed by atoms with Crippen molar-refractivity contribution in [2.24, 2.45) is 5.73 Å². The van der Waals surface area contributed by atoms with Crippen molar-refractivity contribution in [2.75, 3.05) is 5.32 Å². The van der Waals surface area contributed by atoms with Crippen LogP contribution < -0.4 is 11.1 Å². The van der Waals surface area contributed by atoms with E-state index in [1.165, 1.54) is 12.8 Å². The number of hydrogen-bond donors (Lipinski definition) is 2. The monoisotopic (exact) mass is 245 g/mol. The number of nitrogens with zero attached hydrogens (tertiary/aromatic N) is 3. The molecule has 3 N–H and O–H groups in total. The van der Waals surface area contributed by atoms with Gasteiger partial charge in [0.05, 0.1) is 0 Å². The lowest BCUT2D eigenvalue weighted by atomic mass is 9.91. The first-order valence-electron chi connectivity index (χ1n) is 6.58. The first-order chi connectivity index (χ1) is 8.74. The molecule has 0 spiro atoms. The Labute approximate surface area is 106 Å². The maximum Gasteiger partial charge on any atom is 0.243 e. The minimum absolute atomic E-state index is 0.214. The summed E-state index contributed by atoms with van der Waals surface area (Å²) in [6.45, 7) is 2.03. The molecule has 18 heavy (non-hydrogen) atoms. The Bertz CT molecular complexity index is 547. The van der Waals surface area contributed by atoms with E-state index in [-0.39, 0.29) is 6.04 Å². The van der Waals surface area contributed by atoms with Crippen LogP contribution in [0.5, 0.6) is 0 Å². The number of rotatable bonds is 2. The Morgan fingerprint density at radius 2 is 2.17 bits per heavy atom. The number of aryl methyl sites for hydroxylation is 1. The first kappa shape index (κ1) is 11.5. The molecule has 0 saturated heterocycles. The second-order valence-electron chi connectivity index (χ2n) is 5.07. The molecular formula is C13H19N5. The maximum atomic E-state index is 6.13. The molecule has 0 amide bonds. The van der Waals surface area contributed by atoms with Crippen molar-refractivity contribution in [3.8, 4) is 0 Å². The van der Waals surface area contributed by atoms with Crippen molar-refractivity contribution in [1.29, 1.82) is 0 Å². The van der Waals surface area contributed by atoms with Gasteiger partial charge in [-0.05, 0) is 31.9 Å². The number of pyridine rings is 1. The number of aromatic nitrogens is 3. The summed E-state index contributed by atoms with van der Waals surface area (Å²) >= 11 is 0. The second kappa shape index (κ2) is 4.57. The third-order valence-electron chi connectivity index (χ3n) is 3.68. The van der Waals surface area contributed by atoms with E-state index < -0.39 is 0 Å². The van der Waals surface area contributed by atoms with Gasteiger partial charge in [-0.15, -0.1) is 5.10 Å². The maximum absolute atomic E-state index is 6.13. The van der Waals surface area contributed by atoms with Gasteiger partial charge in [-0.1, -0.05) is 18.9 Å². The van der Waals surface area contributed by atoms with Crippen molar-refractivity contribution in [2.45, 2.75) is 44.7 Å². The van der Waals surface area contributed by atoms with Crippen molar-refractivity contribution in [3.63, 3.8) is 0 Å². The van der Waals surface area contributed by atoms with Gasteiger partial charge in [0.1, 0.15) is 0 Å². The van der Waals surface area contributed by atoms with E-state index in [0.717, 1.165) is 24.2 Å². The van der Waals surface area contributed by atoms with Crippen molar-refractivity contribution < 1.29 is 0 Å². The zero-order valence-corrected chi connectivity index (χ0v) is 10.6. The third kappa shape index (κ3) is 2.06. The van der Waals surface area contributed by atoms with Gasteiger partial charge in [-0.2, -0.15) is 4.98 Å². The van der Waals surface area contributed by atoms with Gasteiger partial charge >= 0.3 is 0 Å². The molecule has 1 fully saturated rings. The predicted octanol–water partition coefficient (Wildman–Crippen LogP) is 1.72.